The number of hydrogen-bond acceptors (Lipinski definition) is 3. The van der Waals surface area contributed by atoms with E-state index in [9.17, 15) is 0 Å². The molecule has 1 heterocycles. The molecule has 0 unspecified atom stereocenters. The van der Waals surface area contributed by atoms with Gasteiger partial charge in [0.2, 0.25) is 0 Å². The quantitative estimate of drug-likeness (QED) is 0.796. The lowest BCUT2D eigenvalue weighted by molar-refractivity contribution is 0.442. The van der Waals surface area contributed by atoms with Crippen molar-refractivity contribution in [3.63, 3.8) is 0 Å². The predicted octanol–water partition coefficient (Wildman–Crippen LogP) is 2.59. The minimum absolute atomic E-state index is 0.237. The van der Waals surface area contributed by atoms with E-state index in [-0.39, 0.29) is 5.41 Å². The number of nitrogens with zero attached hydrogens (tertiary/aromatic N) is 2. The number of nitrogens with one attached hydrogen (secondary N) is 1. The molecule has 0 aliphatic rings. The molecule has 0 atom stereocenters. The molecule has 0 saturated heterocycles. The van der Waals surface area contributed by atoms with E-state index in [4.69, 9.17) is 11.6 Å². The molecule has 1 aromatic heterocycles. The maximum Gasteiger partial charge on any atom is 0.151 e. The van der Waals surface area contributed by atoms with E-state index in [1.165, 1.54) is 0 Å². The van der Waals surface area contributed by atoms with Crippen LogP contribution in [0.1, 0.15) is 20.8 Å². The van der Waals surface area contributed by atoms with Crippen LogP contribution in [0.2, 0.25) is 5.15 Å². The zero-order valence-corrected chi connectivity index (χ0v) is 8.89. The lowest BCUT2D eigenvalue weighted by Crippen LogP contribution is -2.19. The summed E-state index contributed by atoms with van der Waals surface area (Å²) in [6.07, 6.45) is 0. The molecule has 1 rings (SSSR count). The van der Waals surface area contributed by atoms with Crippen molar-refractivity contribution in [3.05, 3.63) is 17.3 Å². The van der Waals surface area contributed by atoms with Gasteiger partial charge in [-0.1, -0.05) is 32.4 Å². The van der Waals surface area contributed by atoms with Gasteiger partial charge in [0.05, 0.1) is 0 Å². The fourth-order valence-corrected chi connectivity index (χ4v) is 0.867. The first-order valence-electron chi connectivity index (χ1n) is 4.20. The minimum Gasteiger partial charge on any atom is -0.368 e. The molecule has 0 radical (unpaired) electrons. The summed E-state index contributed by atoms with van der Waals surface area (Å²) in [6.45, 7) is 7.33. The van der Waals surface area contributed by atoms with Crippen LogP contribution >= 0.6 is 11.6 Å². The van der Waals surface area contributed by atoms with Gasteiger partial charge in [0.1, 0.15) is 5.82 Å². The molecule has 0 spiro atoms. The van der Waals surface area contributed by atoms with Gasteiger partial charge in [-0.15, -0.1) is 10.2 Å². The Morgan fingerprint density at radius 3 is 2.46 bits per heavy atom. The van der Waals surface area contributed by atoms with Gasteiger partial charge < -0.3 is 5.32 Å². The summed E-state index contributed by atoms with van der Waals surface area (Å²) in [5, 5.41) is 11.2. The van der Waals surface area contributed by atoms with Crippen LogP contribution in [0.15, 0.2) is 12.1 Å². The van der Waals surface area contributed by atoms with Crippen molar-refractivity contribution in [2.75, 3.05) is 11.9 Å². The Hall–Kier alpha value is -0.830. The Kier molecular flexibility index (Phi) is 3.09. The van der Waals surface area contributed by atoms with E-state index in [1.807, 2.05) is 6.07 Å². The maximum atomic E-state index is 5.60. The van der Waals surface area contributed by atoms with Gasteiger partial charge in [-0.3, -0.25) is 0 Å². The van der Waals surface area contributed by atoms with Crippen LogP contribution in [0.4, 0.5) is 5.82 Å². The number of hydrogen-bond donors (Lipinski definition) is 1. The van der Waals surface area contributed by atoms with Crippen molar-refractivity contribution < 1.29 is 0 Å². The molecule has 0 aliphatic carbocycles. The first kappa shape index (κ1) is 10.3. The van der Waals surface area contributed by atoms with Crippen molar-refractivity contribution in [3.8, 4) is 0 Å². The molecule has 3 nitrogen and oxygen atoms in total. The lowest BCUT2D eigenvalue weighted by atomic mass is 9.97. The molecule has 1 aromatic rings. The third kappa shape index (κ3) is 4.08. The molecule has 0 fully saturated rings. The number of halogens is 1. The van der Waals surface area contributed by atoms with Gasteiger partial charge in [0.25, 0.3) is 0 Å². The highest BCUT2D eigenvalue weighted by Gasteiger charge is 2.09. The third-order valence-corrected chi connectivity index (χ3v) is 1.63. The number of anilines is 1. The second-order valence-corrected chi connectivity index (χ2v) is 4.54. The second-order valence-electron chi connectivity index (χ2n) is 4.16. The third-order valence-electron chi connectivity index (χ3n) is 1.43. The smallest absolute Gasteiger partial charge is 0.151 e. The fourth-order valence-electron chi connectivity index (χ4n) is 0.766. The number of aromatic nitrogens is 2. The molecular formula is C9H14ClN3. The lowest BCUT2D eigenvalue weighted by Gasteiger charge is -2.18. The van der Waals surface area contributed by atoms with Crippen molar-refractivity contribution in [2.24, 2.45) is 5.41 Å². The van der Waals surface area contributed by atoms with Gasteiger partial charge in [-0.05, 0) is 17.5 Å². The van der Waals surface area contributed by atoms with Crippen LogP contribution in [0.25, 0.3) is 0 Å². The molecular weight excluding hydrogens is 186 g/mol. The second kappa shape index (κ2) is 3.92. The Morgan fingerprint density at radius 2 is 2.00 bits per heavy atom. The molecule has 0 aliphatic heterocycles. The largest absolute Gasteiger partial charge is 0.368 e. The Morgan fingerprint density at radius 1 is 1.31 bits per heavy atom. The Balaban J connectivity index is 2.51. The first-order chi connectivity index (χ1) is 5.97. The van der Waals surface area contributed by atoms with E-state index in [0.717, 1.165) is 12.4 Å². The topological polar surface area (TPSA) is 37.8 Å². The zero-order chi connectivity index (χ0) is 9.90. The Bertz CT molecular complexity index is 263. The summed E-state index contributed by atoms with van der Waals surface area (Å²) in [5.74, 6) is 0.763. The minimum atomic E-state index is 0.237. The summed E-state index contributed by atoms with van der Waals surface area (Å²) in [5.41, 5.74) is 0.237. The highest BCUT2D eigenvalue weighted by molar-refractivity contribution is 6.29. The van der Waals surface area contributed by atoms with E-state index in [2.05, 4.69) is 36.3 Å². The fraction of sp³-hybridized carbons (Fsp3) is 0.556. The van der Waals surface area contributed by atoms with Crippen LogP contribution in [0, 0.1) is 5.41 Å². The highest BCUT2D eigenvalue weighted by atomic mass is 35.5. The standard InChI is InChI=1S/C9H14ClN3/c1-9(2,3)6-11-8-5-4-7(10)12-13-8/h4-5H,6H2,1-3H3,(H,11,13). The molecule has 0 aromatic carbocycles. The summed E-state index contributed by atoms with van der Waals surface area (Å²) in [4.78, 5) is 0. The van der Waals surface area contributed by atoms with Crippen molar-refractivity contribution >= 4 is 17.4 Å². The molecule has 13 heavy (non-hydrogen) atoms. The maximum absolute atomic E-state index is 5.60. The summed E-state index contributed by atoms with van der Waals surface area (Å²) >= 11 is 5.60. The van der Waals surface area contributed by atoms with E-state index in [1.54, 1.807) is 6.07 Å². The van der Waals surface area contributed by atoms with E-state index in [0.29, 0.717) is 5.15 Å². The zero-order valence-electron chi connectivity index (χ0n) is 8.13. The normalized spacial score (nSPS) is 11.4. The molecule has 0 bridgehead atoms. The van der Waals surface area contributed by atoms with Crippen LogP contribution in [0.5, 0.6) is 0 Å². The summed E-state index contributed by atoms with van der Waals surface area (Å²) in [6, 6.07) is 3.54. The van der Waals surface area contributed by atoms with Crippen LogP contribution in [0.3, 0.4) is 0 Å². The van der Waals surface area contributed by atoms with Gasteiger partial charge in [0, 0.05) is 6.54 Å². The van der Waals surface area contributed by atoms with Crippen molar-refractivity contribution in [1.82, 2.24) is 10.2 Å². The van der Waals surface area contributed by atoms with Crippen LogP contribution in [-0.4, -0.2) is 16.7 Å². The Labute approximate surface area is 83.5 Å². The van der Waals surface area contributed by atoms with Gasteiger partial charge in [-0.2, -0.15) is 0 Å². The van der Waals surface area contributed by atoms with Gasteiger partial charge >= 0.3 is 0 Å². The summed E-state index contributed by atoms with van der Waals surface area (Å²) in [7, 11) is 0. The molecule has 4 heteroatoms. The SMILES string of the molecule is CC(C)(C)CNc1ccc(Cl)nn1. The van der Waals surface area contributed by atoms with Crippen molar-refractivity contribution in [1.29, 1.82) is 0 Å². The highest BCUT2D eigenvalue weighted by Crippen LogP contribution is 2.14. The molecule has 1 N–H and O–H groups in total. The van der Waals surface area contributed by atoms with Gasteiger partial charge in [0.15, 0.2) is 5.15 Å². The van der Waals surface area contributed by atoms with Crippen molar-refractivity contribution in [2.45, 2.75) is 20.8 Å². The monoisotopic (exact) mass is 199 g/mol. The number of rotatable bonds is 2. The van der Waals surface area contributed by atoms with Crippen LogP contribution < -0.4 is 5.32 Å². The summed E-state index contributed by atoms with van der Waals surface area (Å²) < 4.78 is 0. The van der Waals surface area contributed by atoms with E-state index >= 15 is 0 Å². The average Bonchev–Trinajstić information content (AvgIpc) is 2.02. The van der Waals surface area contributed by atoms with Crippen LogP contribution in [-0.2, 0) is 0 Å². The van der Waals surface area contributed by atoms with E-state index < -0.39 is 0 Å². The molecule has 72 valence electrons. The predicted molar refractivity (Wildman–Crippen MR) is 55.0 cm³/mol. The van der Waals surface area contributed by atoms with Gasteiger partial charge in [-0.25, -0.2) is 0 Å². The molecule has 0 amide bonds. The first-order valence-corrected chi connectivity index (χ1v) is 4.58. The average molecular weight is 200 g/mol. The molecule has 0 saturated carbocycles.